The minimum Gasteiger partial charge on any atom is -0.332 e. The molecule has 1 aliphatic rings. The highest BCUT2D eigenvalue weighted by Crippen LogP contribution is 2.35. The van der Waals surface area contributed by atoms with E-state index < -0.39 is 23.2 Å². The molecule has 1 saturated carbocycles. The number of carbonyl (C=O) groups excluding carboxylic acids is 2. The summed E-state index contributed by atoms with van der Waals surface area (Å²) in [7, 11) is 0. The Balaban J connectivity index is 2.06. The van der Waals surface area contributed by atoms with Crippen molar-refractivity contribution in [1.29, 1.82) is 0 Å². The largest absolute Gasteiger partial charge is 0.418 e. The van der Waals surface area contributed by atoms with Gasteiger partial charge in [-0.1, -0.05) is 12.1 Å². The van der Waals surface area contributed by atoms with Crippen LogP contribution in [0.1, 0.15) is 25.3 Å². The van der Waals surface area contributed by atoms with Gasteiger partial charge in [-0.15, -0.1) is 0 Å². The molecule has 0 bridgehead atoms. The number of nitrogens with zero attached hydrogens (tertiary/aromatic N) is 1. The molecule has 0 spiro atoms. The fourth-order valence-corrected chi connectivity index (χ4v) is 2.19. The Bertz CT molecular complexity index is 612. The van der Waals surface area contributed by atoms with Crippen LogP contribution in [0.3, 0.4) is 0 Å². The highest BCUT2D eigenvalue weighted by Gasteiger charge is 2.48. The van der Waals surface area contributed by atoms with E-state index in [4.69, 9.17) is 5.73 Å². The molecule has 2 rings (SSSR count). The molecule has 1 aromatic carbocycles. The van der Waals surface area contributed by atoms with Gasteiger partial charge in [-0.3, -0.25) is 9.59 Å². The van der Waals surface area contributed by atoms with Crippen molar-refractivity contribution >= 4 is 17.5 Å². The number of anilines is 1. The third-order valence-corrected chi connectivity index (χ3v) is 3.72. The van der Waals surface area contributed by atoms with Gasteiger partial charge in [0, 0.05) is 6.54 Å². The van der Waals surface area contributed by atoms with E-state index in [-0.39, 0.29) is 24.7 Å². The van der Waals surface area contributed by atoms with E-state index in [2.05, 4.69) is 5.32 Å². The maximum absolute atomic E-state index is 12.9. The zero-order chi connectivity index (χ0) is 17.3. The molecule has 0 atom stereocenters. The van der Waals surface area contributed by atoms with Crippen molar-refractivity contribution in [3.8, 4) is 0 Å². The van der Waals surface area contributed by atoms with E-state index >= 15 is 0 Å². The quantitative estimate of drug-likeness (QED) is 0.867. The highest BCUT2D eigenvalue weighted by atomic mass is 19.4. The molecule has 23 heavy (non-hydrogen) atoms. The van der Waals surface area contributed by atoms with E-state index in [0.717, 1.165) is 6.07 Å². The maximum Gasteiger partial charge on any atom is 0.418 e. The van der Waals surface area contributed by atoms with Crippen LogP contribution in [0.15, 0.2) is 24.3 Å². The molecule has 0 unspecified atom stereocenters. The molecule has 3 N–H and O–H groups in total. The molecule has 1 aromatic rings. The van der Waals surface area contributed by atoms with Gasteiger partial charge in [-0.05, 0) is 31.9 Å². The van der Waals surface area contributed by atoms with Crippen molar-refractivity contribution in [2.75, 3.05) is 18.4 Å². The Hall–Kier alpha value is -2.09. The summed E-state index contributed by atoms with van der Waals surface area (Å²) in [6.07, 6.45) is -3.46. The number of para-hydroxylation sites is 1. The van der Waals surface area contributed by atoms with Crippen LogP contribution in [0.2, 0.25) is 0 Å². The van der Waals surface area contributed by atoms with Gasteiger partial charge >= 0.3 is 6.18 Å². The Kier molecular flexibility index (Phi) is 4.65. The summed E-state index contributed by atoms with van der Waals surface area (Å²) in [6.45, 7) is 1.60. The maximum atomic E-state index is 12.9. The van der Waals surface area contributed by atoms with Gasteiger partial charge < -0.3 is 16.0 Å². The minimum absolute atomic E-state index is 0.256. The molecule has 5 nitrogen and oxygen atoms in total. The third kappa shape index (κ3) is 4.01. The number of rotatable bonds is 5. The normalized spacial score (nSPS) is 15.9. The first kappa shape index (κ1) is 17.3. The van der Waals surface area contributed by atoms with Crippen LogP contribution in [0, 0.1) is 0 Å². The summed E-state index contributed by atoms with van der Waals surface area (Å²) < 4.78 is 38.7. The van der Waals surface area contributed by atoms with Crippen LogP contribution < -0.4 is 11.1 Å². The van der Waals surface area contributed by atoms with E-state index in [1.807, 2.05) is 0 Å². The van der Waals surface area contributed by atoms with Gasteiger partial charge in [-0.2, -0.15) is 13.2 Å². The summed E-state index contributed by atoms with van der Waals surface area (Å²) in [5.41, 5.74) is 3.63. The highest BCUT2D eigenvalue weighted by molar-refractivity contribution is 5.97. The summed E-state index contributed by atoms with van der Waals surface area (Å²) in [5.74, 6) is -1.04. The van der Waals surface area contributed by atoms with Gasteiger partial charge in [0.25, 0.3) is 0 Å². The Morgan fingerprint density at radius 3 is 2.43 bits per heavy atom. The Morgan fingerprint density at radius 2 is 1.91 bits per heavy atom. The molecular weight excluding hydrogens is 311 g/mol. The summed E-state index contributed by atoms with van der Waals surface area (Å²) in [4.78, 5) is 25.4. The lowest BCUT2D eigenvalue weighted by Gasteiger charge is -2.24. The number of carbonyl (C=O) groups is 2. The zero-order valence-corrected chi connectivity index (χ0v) is 12.6. The second-order valence-corrected chi connectivity index (χ2v) is 5.57. The van der Waals surface area contributed by atoms with Crippen molar-refractivity contribution in [3.63, 3.8) is 0 Å². The summed E-state index contributed by atoms with van der Waals surface area (Å²) >= 11 is 0. The average molecular weight is 329 g/mol. The number of nitrogens with one attached hydrogen (secondary N) is 1. The molecule has 8 heteroatoms. The lowest BCUT2D eigenvalue weighted by atomic mass is 10.1. The number of likely N-dealkylation sites (N-methyl/N-ethyl adjacent to an activating group) is 1. The van der Waals surface area contributed by atoms with Crippen LogP contribution in [0.4, 0.5) is 18.9 Å². The van der Waals surface area contributed by atoms with E-state index in [9.17, 15) is 22.8 Å². The molecule has 0 saturated heterocycles. The second-order valence-electron chi connectivity index (χ2n) is 5.57. The predicted molar refractivity (Wildman–Crippen MR) is 78.5 cm³/mol. The molecule has 1 fully saturated rings. The molecule has 1 aliphatic carbocycles. The molecule has 2 amide bonds. The lowest BCUT2D eigenvalue weighted by molar-refractivity contribution is -0.138. The number of benzene rings is 1. The first-order valence-electron chi connectivity index (χ1n) is 7.22. The van der Waals surface area contributed by atoms with Crippen LogP contribution >= 0.6 is 0 Å². The number of hydrogen-bond acceptors (Lipinski definition) is 3. The molecular formula is C15H18F3N3O2. The minimum atomic E-state index is -4.57. The SMILES string of the molecule is CCN(CC(=O)Nc1ccccc1C(F)(F)F)C(=O)C1(N)CC1. The van der Waals surface area contributed by atoms with Crippen molar-refractivity contribution in [2.45, 2.75) is 31.5 Å². The smallest absolute Gasteiger partial charge is 0.332 e. The average Bonchev–Trinajstić information content (AvgIpc) is 3.22. The van der Waals surface area contributed by atoms with Crippen molar-refractivity contribution in [1.82, 2.24) is 4.90 Å². The van der Waals surface area contributed by atoms with E-state index in [1.165, 1.54) is 23.1 Å². The molecule has 0 radical (unpaired) electrons. The Morgan fingerprint density at radius 1 is 1.30 bits per heavy atom. The topological polar surface area (TPSA) is 75.4 Å². The number of amides is 2. The van der Waals surface area contributed by atoms with Crippen LogP contribution in [-0.2, 0) is 15.8 Å². The molecule has 0 heterocycles. The van der Waals surface area contributed by atoms with E-state index in [1.54, 1.807) is 6.92 Å². The fraction of sp³-hybridized carbons (Fsp3) is 0.467. The van der Waals surface area contributed by atoms with Crippen molar-refractivity contribution < 1.29 is 22.8 Å². The van der Waals surface area contributed by atoms with Gasteiger partial charge in [0.15, 0.2) is 0 Å². The third-order valence-electron chi connectivity index (χ3n) is 3.72. The standard InChI is InChI=1S/C15H18F3N3O2/c1-2-21(13(23)14(19)7-8-14)9-12(22)20-11-6-4-3-5-10(11)15(16,17)18/h3-6H,2,7-9,19H2,1H3,(H,20,22). The second kappa shape index (κ2) is 6.19. The summed E-state index contributed by atoms with van der Waals surface area (Å²) in [5, 5.41) is 2.21. The zero-order valence-electron chi connectivity index (χ0n) is 12.6. The van der Waals surface area contributed by atoms with Crippen LogP contribution in [0.5, 0.6) is 0 Å². The number of halogens is 3. The van der Waals surface area contributed by atoms with Crippen molar-refractivity contribution in [2.24, 2.45) is 5.73 Å². The Labute approximate surface area is 131 Å². The monoisotopic (exact) mass is 329 g/mol. The summed E-state index contributed by atoms with van der Waals surface area (Å²) in [6, 6.07) is 4.69. The van der Waals surface area contributed by atoms with Gasteiger partial charge in [-0.25, -0.2) is 0 Å². The molecule has 0 aliphatic heterocycles. The lowest BCUT2D eigenvalue weighted by Crippen LogP contribution is -2.48. The van der Waals surface area contributed by atoms with Gasteiger partial charge in [0.1, 0.15) is 0 Å². The van der Waals surface area contributed by atoms with Gasteiger partial charge in [0.2, 0.25) is 11.8 Å². The first-order valence-corrected chi connectivity index (χ1v) is 7.22. The van der Waals surface area contributed by atoms with Crippen LogP contribution in [-0.4, -0.2) is 35.3 Å². The fourth-order valence-electron chi connectivity index (χ4n) is 2.19. The first-order chi connectivity index (χ1) is 10.7. The number of alkyl halides is 3. The molecule has 126 valence electrons. The van der Waals surface area contributed by atoms with Crippen LogP contribution in [0.25, 0.3) is 0 Å². The molecule has 0 aromatic heterocycles. The van der Waals surface area contributed by atoms with Gasteiger partial charge in [0.05, 0.1) is 23.3 Å². The number of nitrogens with two attached hydrogens (primary N) is 1. The predicted octanol–water partition coefficient (Wildman–Crippen LogP) is 1.98. The van der Waals surface area contributed by atoms with E-state index in [0.29, 0.717) is 12.8 Å². The van der Waals surface area contributed by atoms with Crippen molar-refractivity contribution in [3.05, 3.63) is 29.8 Å². The number of hydrogen-bond donors (Lipinski definition) is 2.